The van der Waals surface area contributed by atoms with Gasteiger partial charge in [0.1, 0.15) is 11.6 Å². The van der Waals surface area contributed by atoms with Gasteiger partial charge in [-0.15, -0.1) is 0 Å². The van der Waals surface area contributed by atoms with Crippen molar-refractivity contribution in [2.24, 2.45) is 0 Å². The molecule has 29 heavy (non-hydrogen) atoms. The molecule has 1 heterocycles. The molecule has 1 N–H and O–H groups in total. The Morgan fingerprint density at radius 2 is 1.52 bits per heavy atom. The molecule has 0 aromatic heterocycles. The molecule has 1 atom stereocenters. The molecule has 0 saturated carbocycles. The summed E-state index contributed by atoms with van der Waals surface area (Å²) in [5.74, 6) is -2.54. The summed E-state index contributed by atoms with van der Waals surface area (Å²) in [6, 6.07) is 20.4. The van der Waals surface area contributed by atoms with Crippen LogP contribution in [0.2, 0.25) is 0 Å². The van der Waals surface area contributed by atoms with E-state index in [-0.39, 0.29) is 16.9 Å². The lowest BCUT2D eigenvalue weighted by Gasteiger charge is -2.25. The van der Waals surface area contributed by atoms with Gasteiger partial charge >= 0.3 is 0 Å². The molecule has 0 spiro atoms. The summed E-state index contributed by atoms with van der Waals surface area (Å²) < 4.78 is 14.7. The van der Waals surface area contributed by atoms with Crippen LogP contribution in [0.3, 0.4) is 0 Å². The fraction of sp³-hybridized carbons (Fsp3) is 0.0833. The minimum atomic E-state index is -1.07. The summed E-state index contributed by atoms with van der Waals surface area (Å²) in [6.45, 7) is 1.90. The Bertz CT molecular complexity index is 1120. The summed E-state index contributed by atoms with van der Waals surface area (Å²) in [6.07, 6.45) is 0. The molecule has 0 unspecified atom stereocenters. The highest BCUT2D eigenvalue weighted by atomic mass is 19.1. The lowest BCUT2D eigenvalue weighted by Crippen LogP contribution is -2.29. The van der Waals surface area contributed by atoms with Gasteiger partial charge in [0.15, 0.2) is 0 Å². The SMILES string of the molecule is Cc1ccc(N2C(=O)C(=O)/C(=C(/O)c3ccccc3)[C@@H]2c2ccccc2F)cc1. The topological polar surface area (TPSA) is 57.6 Å². The Morgan fingerprint density at radius 3 is 2.17 bits per heavy atom. The first kappa shape index (κ1) is 18.6. The number of nitrogens with zero attached hydrogens (tertiary/aromatic N) is 1. The van der Waals surface area contributed by atoms with Gasteiger partial charge in [-0.05, 0) is 25.1 Å². The van der Waals surface area contributed by atoms with Gasteiger partial charge < -0.3 is 5.11 Å². The standard InChI is InChI=1S/C24H18FNO3/c1-15-11-13-17(14-12-15)26-21(18-9-5-6-10-19(18)25)20(23(28)24(26)29)22(27)16-7-3-2-4-8-16/h2-14,21,27H,1H3/b22-20+/t21-/m0/s1. The second-order valence-corrected chi connectivity index (χ2v) is 6.89. The van der Waals surface area contributed by atoms with Crippen LogP contribution >= 0.6 is 0 Å². The quantitative estimate of drug-likeness (QED) is 0.400. The number of anilines is 1. The van der Waals surface area contributed by atoms with E-state index in [1.807, 2.05) is 19.1 Å². The van der Waals surface area contributed by atoms with Gasteiger partial charge in [-0.1, -0.05) is 66.2 Å². The molecule has 4 nitrogen and oxygen atoms in total. The van der Waals surface area contributed by atoms with E-state index in [4.69, 9.17) is 0 Å². The number of aliphatic hydroxyl groups is 1. The number of rotatable bonds is 3. The van der Waals surface area contributed by atoms with Crippen molar-refractivity contribution in [1.29, 1.82) is 0 Å². The third-order valence-corrected chi connectivity index (χ3v) is 5.00. The molecule has 144 valence electrons. The number of benzene rings is 3. The van der Waals surface area contributed by atoms with Crippen molar-refractivity contribution >= 4 is 23.1 Å². The van der Waals surface area contributed by atoms with Crippen molar-refractivity contribution in [2.45, 2.75) is 13.0 Å². The van der Waals surface area contributed by atoms with Crippen LogP contribution in [0.1, 0.15) is 22.7 Å². The molecule has 3 aromatic carbocycles. The van der Waals surface area contributed by atoms with Gasteiger partial charge in [0.05, 0.1) is 11.6 Å². The number of amides is 1. The molecule has 3 aromatic rings. The Morgan fingerprint density at radius 1 is 0.897 bits per heavy atom. The highest BCUT2D eigenvalue weighted by Crippen LogP contribution is 2.42. The molecule has 0 aliphatic carbocycles. The van der Waals surface area contributed by atoms with Crippen molar-refractivity contribution in [2.75, 3.05) is 4.90 Å². The van der Waals surface area contributed by atoms with Crippen molar-refractivity contribution < 1.29 is 19.1 Å². The average Bonchev–Trinajstić information content (AvgIpc) is 3.00. The zero-order valence-corrected chi connectivity index (χ0v) is 15.7. The number of carbonyl (C=O) groups is 2. The molecular weight excluding hydrogens is 369 g/mol. The van der Waals surface area contributed by atoms with E-state index in [0.717, 1.165) is 5.56 Å². The zero-order chi connectivity index (χ0) is 20.5. The second-order valence-electron chi connectivity index (χ2n) is 6.89. The molecule has 1 saturated heterocycles. The molecule has 1 fully saturated rings. The summed E-state index contributed by atoms with van der Waals surface area (Å²) in [4.78, 5) is 27.1. The molecule has 5 heteroatoms. The van der Waals surface area contributed by atoms with E-state index >= 15 is 0 Å². The monoisotopic (exact) mass is 387 g/mol. The van der Waals surface area contributed by atoms with E-state index in [1.54, 1.807) is 48.5 Å². The van der Waals surface area contributed by atoms with Crippen LogP contribution in [-0.2, 0) is 9.59 Å². The van der Waals surface area contributed by atoms with Crippen LogP contribution < -0.4 is 4.90 Å². The van der Waals surface area contributed by atoms with E-state index < -0.39 is 23.5 Å². The highest BCUT2D eigenvalue weighted by Gasteiger charge is 2.47. The summed E-state index contributed by atoms with van der Waals surface area (Å²) in [5.41, 5.74) is 1.84. The smallest absolute Gasteiger partial charge is 0.300 e. The highest BCUT2D eigenvalue weighted by molar-refractivity contribution is 6.51. The minimum Gasteiger partial charge on any atom is -0.507 e. The molecule has 4 rings (SSSR count). The van der Waals surface area contributed by atoms with Crippen LogP contribution in [0, 0.1) is 12.7 Å². The molecule has 1 amide bonds. The summed E-state index contributed by atoms with van der Waals surface area (Å²) >= 11 is 0. The molecule has 0 radical (unpaired) electrons. The number of aryl methyl sites for hydroxylation is 1. The maximum absolute atomic E-state index is 14.7. The maximum atomic E-state index is 14.7. The number of hydrogen-bond acceptors (Lipinski definition) is 3. The summed E-state index contributed by atoms with van der Waals surface area (Å²) in [5, 5.41) is 10.9. The van der Waals surface area contributed by atoms with E-state index in [1.165, 1.54) is 23.1 Å². The third kappa shape index (κ3) is 3.21. The number of Topliss-reactive ketones (excluding diaryl/α,β-unsaturated/α-hetero) is 1. The van der Waals surface area contributed by atoms with Crippen LogP contribution in [0.4, 0.5) is 10.1 Å². The van der Waals surface area contributed by atoms with Crippen LogP contribution in [-0.4, -0.2) is 16.8 Å². The lowest BCUT2D eigenvalue weighted by molar-refractivity contribution is -0.132. The summed E-state index contributed by atoms with van der Waals surface area (Å²) in [7, 11) is 0. The second kappa shape index (κ2) is 7.36. The first-order valence-electron chi connectivity index (χ1n) is 9.16. The Kier molecular flexibility index (Phi) is 4.72. The average molecular weight is 387 g/mol. The number of halogens is 1. The third-order valence-electron chi connectivity index (χ3n) is 5.00. The lowest BCUT2D eigenvalue weighted by atomic mass is 9.94. The largest absolute Gasteiger partial charge is 0.507 e. The Hall–Kier alpha value is -3.73. The van der Waals surface area contributed by atoms with Gasteiger partial charge in [-0.2, -0.15) is 0 Å². The Labute approximate surface area is 167 Å². The predicted octanol–water partition coefficient (Wildman–Crippen LogP) is 4.76. The number of carbonyl (C=O) groups excluding carboxylic acids is 2. The van der Waals surface area contributed by atoms with Crippen LogP contribution in [0.15, 0.2) is 84.4 Å². The number of hydrogen-bond donors (Lipinski definition) is 1. The molecule has 1 aliphatic heterocycles. The molecule has 0 bridgehead atoms. The van der Waals surface area contributed by atoms with Gasteiger partial charge in [-0.25, -0.2) is 4.39 Å². The van der Waals surface area contributed by atoms with Crippen molar-refractivity contribution in [1.82, 2.24) is 0 Å². The minimum absolute atomic E-state index is 0.133. The first-order chi connectivity index (χ1) is 14.0. The van der Waals surface area contributed by atoms with E-state index in [9.17, 15) is 19.1 Å². The van der Waals surface area contributed by atoms with Crippen molar-refractivity contribution in [3.8, 4) is 0 Å². The molecular formula is C24H18FNO3. The van der Waals surface area contributed by atoms with Gasteiger partial charge in [-0.3, -0.25) is 14.5 Å². The number of ketones is 1. The fourth-order valence-corrected chi connectivity index (χ4v) is 3.55. The van der Waals surface area contributed by atoms with E-state index in [0.29, 0.717) is 11.3 Å². The van der Waals surface area contributed by atoms with Crippen LogP contribution in [0.25, 0.3) is 5.76 Å². The van der Waals surface area contributed by atoms with Crippen LogP contribution in [0.5, 0.6) is 0 Å². The number of aliphatic hydroxyl groups excluding tert-OH is 1. The first-order valence-corrected chi connectivity index (χ1v) is 9.16. The van der Waals surface area contributed by atoms with Gasteiger partial charge in [0.25, 0.3) is 11.7 Å². The normalized spacial score (nSPS) is 18.3. The Balaban J connectivity index is 1.97. The van der Waals surface area contributed by atoms with Crippen molar-refractivity contribution in [3.05, 3.63) is 107 Å². The zero-order valence-electron chi connectivity index (χ0n) is 15.7. The molecule has 1 aliphatic rings. The van der Waals surface area contributed by atoms with Crippen molar-refractivity contribution in [3.63, 3.8) is 0 Å². The van der Waals surface area contributed by atoms with Gasteiger partial charge in [0.2, 0.25) is 0 Å². The maximum Gasteiger partial charge on any atom is 0.300 e. The van der Waals surface area contributed by atoms with E-state index in [2.05, 4.69) is 0 Å². The fourth-order valence-electron chi connectivity index (χ4n) is 3.55. The predicted molar refractivity (Wildman–Crippen MR) is 109 cm³/mol. The van der Waals surface area contributed by atoms with Gasteiger partial charge in [0, 0.05) is 16.8 Å².